The van der Waals surface area contributed by atoms with Crippen molar-refractivity contribution in [2.45, 2.75) is 33.1 Å². The summed E-state index contributed by atoms with van der Waals surface area (Å²) < 4.78 is 4.87. The molecule has 0 aromatic heterocycles. The fourth-order valence-electron chi connectivity index (χ4n) is 3.14. The van der Waals surface area contributed by atoms with Crippen LogP contribution in [0, 0.1) is 5.41 Å². The van der Waals surface area contributed by atoms with Gasteiger partial charge in [0.25, 0.3) is 0 Å². The molecule has 2 N–H and O–H groups in total. The first kappa shape index (κ1) is 14.7. The van der Waals surface area contributed by atoms with Crippen LogP contribution in [0.15, 0.2) is 18.2 Å². The molecule has 0 radical (unpaired) electrons. The van der Waals surface area contributed by atoms with Crippen LogP contribution in [0.5, 0.6) is 0 Å². The number of esters is 1. The predicted molar refractivity (Wildman–Crippen MR) is 82.0 cm³/mol. The monoisotopic (exact) mass is 276 g/mol. The molecule has 0 atom stereocenters. The molecule has 4 heteroatoms. The van der Waals surface area contributed by atoms with Crippen LogP contribution in [0.1, 0.15) is 43.5 Å². The number of hydrogen-bond donors (Lipinski definition) is 1. The van der Waals surface area contributed by atoms with Gasteiger partial charge in [-0.15, -0.1) is 0 Å². The largest absolute Gasteiger partial charge is 0.465 e. The van der Waals surface area contributed by atoms with Gasteiger partial charge in [0.1, 0.15) is 0 Å². The Hall–Kier alpha value is -1.71. The van der Waals surface area contributed by atoms with E-state index in [0.717, 1.165) is 38.0 Å². The number of nitrogens with two attached hydrogens (primary N) is 1. The van der Waals surface area contributed by atoms with E-state index in [2.05, 4.69) is 18.7 Å². The summed E-state index contributed by atoms with van der Waals surface area (Å²) in [6.07, 6.45) is 3.45. The van der Waals surface area contributed by atoms with Crippen molar-refractivity contribution >= 4 is 17.3 Å². The van der Waals surface area contributed by atoms with Crippen molar-refractivity contribution < 1.29 is 9.53 Å². The molecule has 1 aromatic carbocycles. The minimum Gasteiger partial charge on any atom is -0.465 e. The van der Waals surface area contributed by atoms with Crippen molar-refractivity contribution in [3.05, 3.63) is 23.8 Å². The summed E-state index contributed by atoms with van der Waals surface area (Å²) in [5.74, 6) is -0.321. The topological polar surface area (TPSA) is 55.6 Å². The highest BCUT2D eigenvalue weighted by Gasteiger charge is 2.36. The predicted octanol–water partition coefficient (Wildman–Crippen LogP) is 3.07. The van der Waals surface area contributed by atoms with Crippen LogP contribution in [-0.2, 0) is 4.74 Å². The Kier molecular flexibility index (Phi) is 4.21. The van der Waals surface area contributed by atoms with Gasteiger partial charge in [-0.3, -0.25) is 0 Å². The van der Waals surface area contributed by atoms with Gasteiger partial charge in [-0.05, 0) is 36.8 Å². The number of para-hydroxylation sites is 1. The molecule has 2 rings (SSSR count). The van der Waals surface area contributed by atoms with Crippen LogP contribution in [0.2, 0.25) is 0 Å². The van der Waals surface area contributed by atoms with Gasteiger partial charge in [0.2, 0.25) is 0 Å². The van der Waals surface area contributed by atoms with E-state index in [4.69, 9.17) is 10.5 Å². The molecule has 1 saturated heterocycles. The van der Waals surface area contributed by atoms with Gasteiger partial charge in [0, 0.05) is 13.1 Å². The van der Waals surface area contributed by atoms with Crippen molar-refractivity contribution in [1.82, 2.24) is 0 Å². The van der Waals surface area contributed by atoms with Crippen molar-refractivity contribution in [3.8, 4) is 0 Å². The zero-order chi connectivity index (χ0) is 14.8. The maximum Gasteiger partial charge on any atom is 0.340 e. The van der Waals surface area contributed by atoms with Crippen molar-refractivity contribution in [3.63, 3.8) is 0 Å². The molecule has 1 aromatic rings. The highest BCUT2D eigenvalue weighted by molar-refractivity contribution is 5.99. The SMILES string of the molecule is CCC1(CC)CCN(c2c(N)cccc2C(=O)OC)C1. The average Bonchev–Trinajstić information content (AvgIpc) is 2.91. The Morgan fingerprint density at radius 2 is 2.10 bits per heavy atom. The molecular formula is C16H24N2O2. The molecule has 0 unspecified atom stereocenters. The molecule has 0 amide bonds. The van der Waals surface area contributed by atoms with Crippen molar-refractivity contribution in [1.29, 1.82) is 0 Å². The van der Waals surface area contributed by atoms with E-state index in [1.54, 1.807) is 12.1 Å². The van der Waals surface area contributed by atoms with Gasteiger partial charge < -0.3 is 15.4 Å². The van der Waals surface area contributed by atoms with E-state index in [9.17, 15) is 4.79 Å². The molecule has 20 heavy (non-hydrogen) atoms. The van der Waals surface area contributed by atoms with E-state index in [-0.39, 0.29) is 5.97 Å². The summed E-state index contributed by atoms with van der Waals surface area (Å²) in [7, 11) is 1.40. The van der Waals surface area contributed by atoms with E-state index in [1.165, 1.54) is 7.11 Å². The average molecular weight is 276 g/mol. The second-order valence-electron chi connectivity index (χ2n) is 5.61. The van der Waals surface area contributed by atoms with Crippen LogP contribution < -0.4 is 10.6 Å². The Labute approximate surface area is 120 Å². The number of nitrogens with zero attached hydrogens (tertiary/aromatic N) is 1. The standard InChI is InChI=1S/C16H24N2O2/c1-4-16(5-2)9-10-18(11-16)14-12(15(19)20-3)7-6-8-13(14)17/h6-8H,4-5,9-11,17H2,1-3H3. The normalized spacial score (nSPS) is 17.2. The van der Waals surface area contributed by atoms with E-state index in [1.807, 2.05) is 6.07 Å². The molecule has 0 bridgehead atoms. The minimum atomic E-state index is -0.321. The third kappa shape index (κ3) is 2.47. The highest BCUT2D eigenvalue weighted by Crippen LogP contribution is 2.41. The molecule has 0 saturated carbocycles. The van der Waals surface area contributed by atoms with Crippen LogP contribution in [0.4, 0.5) is 11.4 Å². The van der Waals surface area contributed by atoms with Gasteiger partial charge in [-0.1, -0.05) is 19.9 Å². The zero-order valence-corrected chi connectivity index (χ0v) is 12.6. The first-order valence-electron chi connectivity index (χ1n) is 7.28. The highest BCUT2D eigenvalue weighted by atomic mass is 16.5. The second kappa shape index (κ2) is 5.73. The number of rotatable bonds is 4. The Bertz CT molecular complexity index is 495. The zero-order valence-electron chi connectivity index (χ0n) is 12.6. The number of ether oxygens (including phenoxy) is 1. The number of carbonyl (C=O) groups is 1. The number of nitrogen functional groups attached to an aromatic ring is 1. The Balaban J connectivity index is 2.37. The number of anilines is 2. The van der Waals surface area contributed by atoms with Crippen molar-refractivity contribution in [2.24, 2.45) is 5.41 Å². The third-order valence-electron chi connectivity index (χ3n) is 4.73. The molecule has 1 aliphatic rings. The van der Waals surface area contributed by atoms with Crippen LogP contribution in [-0.4, -0.2) is 26.2 Å². The Morgan fingerprint density at radius 3 is 2.65 bits per heavy atom. The maximum atomic E-state index is 11.9. The van der Waals surface area contributed by atoms with Crippen LogP contribution in [0.3, 0.4) is 0 Å². The molecule has 110 valence electrons. The Morgan fingerprint density at radius 1 is 1.40 bits per heavy atom. The number of carbonyl (C=O) groups excluding carboxylic acids is 1. The van der Waals surface area contributed by atoms with E-state index < -0.39 is 0 Å². The number of methoxy groups -OCH3 is 1. The fraction of sp³-hybridized carbons (Fsp3) is 0.562. The van der Waals surface area contributed by atoms with Gasteiger partial charge in [0.15, 0.2) is 0 Å². The lowest BCUT2D eigenvalue weighted by Gasteiger charge is -2.28. The number of hydrogen-bond acceptors (Lipinski definition) is 4. The van der Waals surface area contributed by atoms with Crippen LogP contribution >= 0.6 is 0 Å². The van der Waals surface area contributed by atoms with E-state index in [0.29, 0.717) is 16.7 Å². The molecule has 0 spiro atoms. The van der Waals surface area contributed by atoms with Gasteiger partial charge >= 0.3 is 5.97 Å². The first-order valence-corrected chi connectivity index (χ1v) is 7.28. The summed E-state index contributed by atoms with van der Waals surface area (Å²) in [4.78, 5) is 14.2. The van der Waals surface area contributed by atoms with Crippen LogP contribution in [0.25, 0.3) is 0 Å². The fourth-order valence-corrected chi connectivity index (χ4v) is 3.14. The maximum absolute atomic E-state index is 11.9. The summed E-state index contributed by atoms with van der Waals surface area (Å²) in [5.41, 5.74) is 8.51. The van der Waals surface area contributed by atoms with Crippen molar-refractivity contribution in [2.75, 3.05) is 30.8 Å². The first-order chi connectivity index (χ1) is 9.56. The lowest BCUT2D eigenvalue weighted by molar-refractivity contribution is 0.0601. The third-order valence-corrected chi connectivity index (χ3v) is 4.73. The lowest BCUT2D eigenvalue weighted by Crippen LogP contribution is -2.28. The lowest BCUT2D eigenvalue weighted by atomic mass is 9.82. The van der Waals surface area contributed by atoms with Gasteiger partial charge in [0.05, 0.1) is 24.0 Å². The summed E-state index contributed by atoms with van der Waals surface area (Å²) in [6.45, 7) is 6.38. The van der Waals surface area contributed by atoms with Gasteiger partial charge in [-0.2, -0.15) is 0 Å². The number of benzene rings is 1. The molecule has 4 nitrogen and oxygen atoms in total. The quantitative estimate of drug-likeness (QED) is 0.678. The molecular weight excluding hydrogens is 252 g/mol. The van der Waals surface area contributed by atoms with Gasteiger partial charge in [-0.25, -0.2) is 4.79 Å². The second-order valence-corrected chi connectivity index (χ2v) is 5.61. The molecule has 0 aliphatic carbocycles. The minimum absolute atomic E-state index is 0.321. The summed E-state index contributed by atoms with van der Waals surface area (Å²) in [6, 6.07) is 5.43. The van der Waals surface area contributed by atoms with E-state index >= 15 is 0 Å². The summed E-state index contributed by atoms with van der Waals surface area (Å²) >= 11 is 0. The molecule has 1 heterocycles. The smallest absolute Gasteiger partial charge is 0.340 e. The molecule has 1 fully saturated rings. The molecule has 1 aliphatic heterocycles. The summed E-state index contributed by atoms with van der Waals surface area (Å²) in [5, 5.41) is 0.